The molecule has 5 nitrogen and oxygen atoms in total. The second-order valence-electron chi connectivity index (χ2n) is 7.06. The Hall–Kier alpha value is -1.11. The zero-order chi connectivity index (χ0) is 21.2. The van der Waals surface area contributed by atoms with Crippen LogP contribution in [0.3, 0.4) is 0 Å². The lowest BCUT2D eigenvalue weighted by Crippen LogP contribution is -2.27. The van der Waals surface area contributed by atoms with Gasteiger partial charge in [-0.3, -0.25) is 13.0 Å². The predicted molar refractivity (Wildman–Crippen MR) is 117 cm³/mol. The summed E-state index contributed by atoms with van der Waals surface area (Å²) in [6, 6.07) is 14.6. The zero-order valence-electron chi connectivity index (χ0n) is 17.1. The lowest BCUT2D eigenvalue weighted by atomic mass is 10.2. The molecular weight excluding hydrogens is 427 g/mol. The minimum Gasteiger partial charge on any atom is -0.308 e. The van der Waals surface area contributed by atoms with Gasteiger partial charge in [-0.15, -0.1) is 0 Å². The summed E-state index contributed by atoms with van der Waals surface area (Å²) in [5.74, 6) is 0. The maximum atomic E-state index is 13.8. The van der Waals surface area contributed by atoms with Crippen LogP contribution in [0.1, 0.15) is 31.4 Å². The van der Waals surface area contributed by atoms with Crippen molar-refractivity contribution in [1.82, 2.24) is 0 Å². The molecule has 0 aromatic heterocycles. The van der Waals surface area contributed by atoms with Crippen LogP contribution in [0, 0.1) is 13.8 Å². The van der Waals surface area contributed by atoms with Crippen molar-refractivity contribution < 1.29 is 22.0 Å². The summed E-state index contributed by atoms with van der Waals surface area (Å²) in [6.07, 6.45) is 0.255. The molecule has 0 saturated heterocycles. The topological polar surface area (TPSA) is 69.7 Å². The van der Waals surface area contributed by atoms with Gasteiger partial charge in [0.05, 0.1) is 40.1 Å². The van der Waals surface area contributed by atoms with E-state index in [0.29, 0.717) is 9.79 Å². The molecule has 0 heterocycles. The van der Waals surface area contributed by atoms with Gasteiger partial charge in [-0.05, 0) is 58.4 Å². The van der Waals surface area contributed by atoms with Crippen LogP contribution in [0.5, 0.6) is 0 Å². The number of aryl methyl sites for hydroxylation is 2. The van der Waals surface area contributed by atoms with Crippen LogP contribution in [-0.2, 0) is 35.2 Å². The molecule has 2 aromatic carbocycles. The molecule has 0 bridgehead atoms. The third kappa shape index (κ3) is 4.21. The Kier molecular flexibility index (Phi) is 6.96. The van der Waals surface area contributed by atoms with E-state index < -0.39 is 38.9 Å². The van der Waals surface area contributed by atoms with E-state index in [1.54, 1.807) is 38.1 Å². The largest absolute Gasteiger partial charge is 0.350 e. The van der Waals surface area contributed by atoms with E-state index in [1.807, 2.05) is 38.1 Å². The van der Waals surface area contributed by atoms with Gasteiger partial charge in [0.25, 0.3) is 0 Å². The van der Waals surface area contributed by atoms with E-state index in [0.717, 1.165) is 11.1 Å². The summed E-state index contributed by atoms with van der Waals surface area (Å²) >= 11 is 0. The van der Waals surface area contributed by atoms with E-state index in [2.05, 4.69) is 0 Å². The normalized spacial score (nSPS) is 23.5. The first-order valence-electron chi connectivity index (χ1n) is 9.64. The molecule has 0 unspecified atom stereocenters. The minimum absolute atomic E-state index is 0.161. The van der Waals surface area contributed by atoms with Crippen LogP contribution >= 0.6 is 7.60 Å². The summed E-state index contributed by atoms with van der Waals surface area (Å²) in [6.45, 7) is 7.67. The molecule has 0 spiro atoms. The van der Waals surface area contributed by atoms with Crippen molar-refractivity contribution in [2.75, 3.05) is 13.2 Å². The molecule has 29 heavy (non-hydrogen) atoms. The van der Waals surface area contributed by atoms with Crippen LogP contribution in [0.25, 0.3) is 0 Å². The average Bonchev–Trinajstić information content (AvgIpc) is 3.46. The summed E-state index contributed by atoms with van der Waals surface area (Å²) in [5, 5.41) is -0.573. The molecule has 0 radical (unpaired) electrons. The Morgan fingerprint density at radius 1 is 0.897 bits per heavy atom. The summed E-state index contributed by atoms with van der Waals surface area (Å²) in [7, 11) is -6.96. The Morgan fingerprint density at radius 2 is 1.34 bits per heavy atom. The highest BCUT2D eigenvalue weighted by Gasteiger charge is 2.74. The number of hydrogen-bond acceptors (Lipinski definition) is 5. The second kappa shape index (κ2) is 8.94. The first-order chi connectivity index (χ1) is 13.8. The fraction of sp³-hybridized carbons (Fsp3) is 0.429. The highest BCUT2D eigenvalue weighted by atomic mass is 32.2. The first kappa shape index (κ1) is 22.6. The van der Waals surface area contributed by atoms with Crippen LogP contribution in [0.2, 0.25) is 0 Å². The van der Waals surface area contributed by atoms with Crippen molar-refractivity contribution >= 4 is 29.2 Å². The molecular formula is C21H27O5PS2. The first-order valence-corrected chi connectivity index (χ1v) is 13.5. The quantitative estimate of drug-likeness (QED) is 0.501. The fourth-order valence-corrected chi connectivity index (χ4v) is 11.0. The van der Waals surface area contributed by atoms with Gasteiger partial charge in [0.2, 0.25) is 0 Å². The van der Waals surface area contributed by atoms with E-state index in [9.17, 15) is 13.0 Å². The lowest BCUT2D eigenvalue weighted by molar-refractivity contribution is 0.216. The molecule has 1 fully saturated rings. The van der Waals surface area contributed by atoms with Gasteiger partial charge in [-0.1, -0.05) is 35.4 Å². The zero-order valence-corrected chi connectivity index (χ0v) is 19.6. The third-order valence-electron chi connectivity index (χ3n) is 4.95. The number of benzene rings is 2. The van der Waals surface area contributed by atoms with Gasteiger partial charge in [0.1, 0.15) is 0 Å². The van der Waals surface area contributed by atoms with Crippen molar-refractivity contribution in [3.63, 3.8) is 0 Å². The van der Waals surface area contributed by atoms with Crippen LogP contribution in [0.15, 0.2) is 58.3 Å². The Bertz CT molecular complexity index is 948. The smallest absolute Gasteiger partial charge is 0.308 e. The standard InChI is InChI=1S/C21H27O5PS2/c1-5-25-27(22,26-6-2)21(29(24)19-13-9-17(4)10-14-19)15-20(21)28(23)18-11-7-16(3)8-12-18/h7-14,20H,5-6,15H2,1-4H3/t20-,21-,28+,29-/m0/s1. The predicted octanol–water partition coefficient (Wildman–Crippen LogP) is 4.95. The molecule has 0 aliphatic heterocycles. The van der Waals surface area contributed by atoms with Crippen LogP contribution in [-0.4, -0.2) is 31.4 Å². The van der Waals surface area contributed by atoms with Gasteiger partial charge in [0, 0.05) is 9.79 Å². The van der Waals surface area contributed by atoms with E-state index in [4.69, 9.17) is 9.05 Å². The molecule has 2 aromatic rings. The highest BCUT2D eigenvalue weighted by molar-refractivity contribution is 7.98. The third-order valence-corrected chi connectivity index (χ3v) is 12.7. The summed E-state index contributed by atoms with van der Waals surface area (Å²) < 4.78 is 50.7. The van der Waals surface area contributed by atoms with Gasteiger partial charge in [0.15, 0.2) is 4.49 Å². The van der Waals surface area contributed by atoms with E-state index >= 15 is 0 Å². The molecule has 0 N–H and O–H groups in total. The Balaban J connectivity index is 2.05. The van der Waals surface area contributed by atoms with Crippen molar-refractivity contribution in [3.05, 3.63) is 59.7 Å². The van der Waals surface area contributed by atoms with Gasteiger partial charge in [-0.25, -0.2) is 0 Å². The molecule has 1 saturated carbocycles. The average molecular weight is 455 g/mol. The van der Waals surface area contributed by atoms with Crippen molar-refractivity contribution in [2.24, 2.45) is 0 Å². The lowest BCUT2D eigenvalue weighted by Gasteiger charge is -2.26. The SMILES string of the molecule is CCOP(=O)(OCC)[C@]1([S@@](=O)c2ccc(C)cc2)C[C@@H]1[S@](=O)c1ccc(C)cc1. The monoisotopic (exact) mass is 454 g/mol. The highest BCUT2D eigenvalue weighted by Crippen LogP contribution is 2.75. The molecule has 1 aliphatic rings. The molecule has 1 aliphatic carbocycles. The van der Waals surface area contributed by atoms with Crippen LogP contribution in [0.4, 0.5) is 0 Å². The van der Waals surface area contributed by atoms with Gasteiger partial charge >= 0.3 is 7.60 Å². The fourth-order valence-electron chi connectivity index (χ4n) is 3.33. The van der Waals surface area contributed by atoms with Crippen LogP contribution < -0.4 is 0 Å². The van der Waals surface area contributed by atoms with Crippen molar-refractivity contribution in [2.45, 2.75) is 53.6 Å². The Labute approximate surface area is 177 Å². The summed E-state index contributed by atoms with van der Waals surface area (Å²) in [4.78, 5) is 1.17. The van der Waals surface area contributed by atoms with Gasteiger partial charge in [-0.2, -0.15) is 0 Å². The number of rotatable bonds is 9. The number of hydrogen-bond donors (Lipinski definition) is 0. The van der Waals surface area contributed by atoms with Crippen molar-refractivity contribution in [1.29, 1.82) is 0 Å². The van der Waals surface area contributed by atoms with Gasteiger partial charge < -0.3 is 9.05 Å². The summed E-state index contributed by atoms with van der Waals surface area (Å²) in [5.41, 5.74) is 2.10. The maximum Gasteiger partial charge on any atom is 0.350 e. The molecule has 158 valence electrons. The second-order valence-corrected chi connectivity index (χ2v) is 13.0. The molecule has 8 heteroatoms. The molecule has 0 amide bonds. The maximum absolute atomic E-state index is 13.8. The Morgan fingerprint density at radius 3 is 1.79 bits per heavy atom. The van der Waals surface area contributed by atoms with E-state index in [-0.39, 0.29) is 19.6 Å². The molecule has 4 atom stereocenters. The minimum atomic E-state index is -3.78. The molecule has 3 rings (SSSR count). The van der Waals surface area contributed by atoms with Crippen molar-refractivity contribution in [3.8, 4) is 0 Å². The van der Waals surface area contributed by atoms with E-state index in [1.165, 1.54) is 0 Å².